The zero-order valence-electron chi connectivity index (χ0n) is 15.7. The highest BCUT2D eigenvalue weighted by Crippen LogP contribution is 2.22. The molecule has 6 nitrogen and oxygen atoms in total. The first-order valence-electron chi connectivity index (χ1n) is 9.13. The van der Waals surface area contributed by atoms with Crippen molar-refractivity contribution in [3.63, 3.8) is 0 Å². The Bertz CT molecular complexity index is 753. The molecule has 138 valence electrons. The average Bonchev–Trinajstić information content (AvgIpc) is 3.18. The molecular weight excluding hydrogens is 326 g/mol. The summed E-state index contributed by atoms with van der Waals surface area (Å²) >= 11 is 0. The van der Waals surface area contributed by atoms with Crippen LogP contribution in [0.4, 0.5) is 5.82 Å². The predicted octanol–water partition coefficient (Wildman–Crippen LogP) is 2.45. The summed E-state index contributed by atoms with van der Waals surface area (Å²) < 4.78 is 0. The van der Waals surface area contributed by atoms with Crippen molar-refractivity contribution in [2.45, 2.75) is 38.8 Å². The third-order valence-corrected chi connectivity index (χ3v) is 4.73. The van der Waals surface area contributed by atoms with Gasteiger partial charge in [0.15, 0.2) is 0 Å². The summed E-state index contributed by atoms with van der Waals surface area (Å²) in [6.45, 7) is 3.52. The maximum absolute atomic E-state index is 12.6. The van der Waals surface area contributed by atoms with Gasteiger partial charge in [-0.2, -0.15) is 0 Å². The molecular formula is C20H27N5O. The van der Waals surface area contributed by atoms with Gasteiger partial charge in [0.2, 0.25) is 5.91 Å². The van der Waals surface area contributed by atoms with E-state index in [1.54, 1.807) is 4.90 Å². The first-order chi connectivity index (χ1) is 12.5. The van der Waals surface area contributed by atoms with E-state index >= 15 is 0 Å². The van der Waals surface area contributed by atoms with Crippen LogP contribution in [0.1, 0.15) is 41.5 Å². The van der Waals surface area contributed by atoms with Crippen LogP contribution >= 0.6 is 0 Å². The van der Waals surface area contributed by atoms with Crippen LogP contribution < -0.4 is 10.6 Å². The van der Waals surface area contributed by atoms with Gasteiger partial charge in [0.1, 0.15) is 11.6 Å². The van der Waals surface area contributed by atoms with E-state index in [4.69, 9.17) is 4.98 Å². The lowest BCUT2D eigenvalue weighted by Gasteiger charge is -2.19. The molecule has 1 amide bonds. The first kappa shape index (κ1) is 18.3. The van der Waals surface area contributed by atoms with Crippen LogP contribution in [-0.4, -0.2) is 41.4 Å². The van der Waals surface area contributed by atoms with Gasteiger partial charge in [0, 0.05) is 20.2 Å². The van der Waals surface area contributed by atoms with E-state index < -0.39 is 0 Å². The van der Waals surface area contributed by atoms with Gasteiger partial charge in [-0.15, -0.1) is 0 Å². The number of hydrogen-bond acceptors (Lipinski definition) is 5. The van der Waals surface area contributed by atoms with Gasteiger partial charge < -0.3 is 15.5 Å². The van der Waals surface area contributed by atoms with E-state index in [2.05, 4.69) is 15.6 Å². The van der Waals surface area contributed by atoms with Crippen molar-refractivity contribution in [1.29, 1.82) is 0 Å². The van der Waals surface area contributed by atoms with Gasteiger partial charge in [0.25, 0.3) is 0 Å². The van der Waals surface area contributed by atoms with E-state index in [0.717, 1.165) is 42.3 Å². The van der Waals surface area contributed by atoms with Crippen molar-refractivity contribution in [3.8, 4) is 0 Å². The maximum Gasteiger partial charge on any atom is 0.227 e. The normalized spacial score (nSPS) is 16.5. The van der Waals surface area contributed by atoms with E-state index in [1.807, 2.05) is 51.4 Å². The number of benzene rings is 1. The Hall–Kier alpha value is -2.47. The Labute approximate surface area is 155 Å². The first-order valence-corrected chi connectivity index (χ1v) is 9.13. The molecule has 3 rings (SSSR count). The molecule has 0 aliphatic carbocycles. The molecule has 0 bridgehead atoms. The van der Waals surface area contributed by atoms with Gasteiger partial charge >= 0.3 is 0 Å². The number of rotatable bonds is 6. The van der Waals surface area contributed by atoms with Crippen LogP contribution in [0, 0.1) is 6.92 Å². The molecule has 1 atom stereocenters. The zero-order chi connectivity index (χ0) is 18.5. The van der Waals surface area contributed by atoms with Crippen molar-refractivity contribution >= 4 is 11.7 Å². The second-order valence-corrected chi connectivity index (χ2v) is 6.91. The predicted molar refractivity (Wildman–Crippen MR) is 103 cm³/mol. The topological polar surface area (TPSA) is 70.2 Å². The second-order valence-electron chi connectivity index (χ2n) is 6.91. The third-order valence-electron chi connectivity index (χ3n) is 4.73. The molecule has 1 aliphatic rings. The van der Waals surface area contributed by atoms with Crippen molar-refractivity contribution in [2.75, 3.05) is 26.0 Å². The van der Waals surface area contributed by atoms with E-state index in [0.29, 0.717) is 13.0 Å². The number of carbonyl (C=O) groups is 1. The molecule has 1 fully saturated rings. The number of anilines is 1. The molecule has 0 spiro atoms. The number of aryl methyl sites for hydroxylation is 1. The second kappa shape index (κ2) is 8.27. The van der Waals surface area contributed by atoms with E-state index in [-0.39, 0.29) is 11.9 Å². The number of carbonyl (C=O) groups excluding carboxylic acids is 1. The molecule has 6 heteroatoms. The van der Waals surface area contributed by atoms with Gasteiger partial charge in [-0.3, -0.25) is 4.79 Å². The quantitative estimate of drug-likeness (QED) is 0.835. The summed E-state index contributed by atoms with van der Waals surface area (Å²) in [5, 5.41) is 6.53. The summed E-state index contributed by atoms with van der Waals surface area (Å²) in [5.74, 6) is 1.68. The minimum Gasteiger partial charge on any atom is -0.373 e. The van der Waals surface area contributed by atoms with Crippen LogP contribution in [0.15, 0.2) is 30.3 Å². The summed E-state index contributed by atoms with van der Waals surface area (Å²) in [5.41, 5.74) is 3.08. The van der Waals surface area contributed by atoms with Crippen LogP contribution in [-0.2, 0) is 17.8 Å². The summed E-state index contributed by atoms with van der Waals surface area (Å²) in [6, 6.07) is 10.2. The maximum atomic E-state index is 12.6. The molecule has 1 aromatic carbocycles. The fourth-order valence-electron chi connectivity index (χ4n) is 3.13. The van der Waals surface area contributed by atoms with E-state index in [9.17, 15) is 4.79 Å². The Morgan fingerprint density at radius 3 is 2.73 bits per heavy atom. The monoisotopic (exact) mass is 353 g/mol. The lowest BCUT2D eigenvalue weighted by molar-refractivity contribution is -0.129. The Kier molecular flexibility index (Phi) is 5.83. The summed E-state index contributed by atoms with van der Waals surface area (Å²) in [6.07, 6.45) is 2.59. The molecule has 1 saturated heterocycles. The molecule has 0 saturated carbocycles. The van der Waals surface area contributed by atoms with Gasteiger partial charge in [0.05, 0.1) is 24.7 Å². The zero-order valence-corrected chi connectivity index (χ0v) is 15.7. The van der Waals surface area contributed by atoms with Gasteiger partial charge in [-0.25, -0.2) is 9.97 Å². The molecule has 1 aromatic heterocycles. The van der Waals surface area contributed by atoms with Crippen molar-refractivity contribution in [1.82, 2.24) is 20.2 Å². The average molecular weight is 353 g/mol. The number of hydrogen-bond donors (Lipinski definition) is 2. The molecule has 2 N–H and O–H groups in total. The number of nitrogens with one attached hydrogen (secondary N) is 2. The molecule has 1 unspecified atom stereocenters. The number of nitrogens with zero attached hydrogens (tertiary/aromatic N) is 3. The van der Waals surface area contributed by atoms with Crippen LogP contribution in [0.3, 0.4) is 0 Å². The highest BCUT2D eigenvalue weighted by Gasteiger charge is 2.21. The number of likely N-dealkylation sites (N-methyl/N-ethyl adjacent to an activating group) is 1. The molecule has 2 aromatic rings. The lowest BCUT2D eigenvalue weighted by atomic mass is 10.1. The standard InChI is InChI=1S/C20H27N5O/c1-14-6-8-15(9-7-14)11-19(26)25(3)13-16-12-18(21-2)24-20(23-16)17-5-4-10-22-17/h6-9,12,17,22H,4-5,10-11,13H2,1-3H3,(H,21,23,24). The van der Waals surface area contributed by atoms with Crippen molar-refractivity contribution in [3.05, 3.63) is 53.0 Å². The van der Waals surface area contributed by atoms with Crippen molar-refractivity contribution < 1.29 is 4.79 Å². The highest BCUT2D eigenvalue weighted by atomic mass is 16.2. The Morgan fingerprint density at radius 1 is 1.31 bits per heavy atom. The number of aromatic nitrogens is 2. The fourth-order valence-corrected chi connectivity index (χ4v) is 3.13. The lowest BCUT2D eigenvalue weighted by Crippen LogP contribution is -2.28. The molecule has 2 heterocycles. The number of amides is 1. The molecule has 26 heavy (non-hydrogen) atoms. The third kappa shape index (κ3) is 4.58. The van der Waals surface area contributed by atoms with Crippen LogP contribution in [0.5, 0.6) is 0 Å². The van der Waals surface area contributed by atoms with Gasteiger partial charge in [-0.05, 0) is 31.9 Å². The van der Waals surface area contributed by atoms with Crippen molar-refractivity contribution in [2.24, 2.45) is 0 Å². The summed E-state index contributed by atoms with van der Waals surface area (Å²) in [7, 11) is 3.68. The Morgan fingerprint density at radius 2 is 2.08 bits per heavy atom. The van der Waals surface area contributed by atoms with Crippen LogP contribution in [0.2, 0.25) is 0 Å². The minimum atomic E-state index is 0.0824. The summed E-state index contributed by atoms with van der Waals surface area (Å²) in [4.78, 5) is 23.6. The Balaban J connectivity index is 1.69. The van der Waals surface area contributed by atoms with E-state index in [1.165, 1.54) is 5.56 Å². The molecule has 0 radical (unpaired) electrons. The fraction of sp³-hybridized carbons (Fsp3) is 0.450. The SMILES string of the molecule is CNc1cc(CN(C)C(=O)Cc2ccc(C)cc2)nc(C2CCCN2)n1. The van der Waals surface area contributed by atoms with Crippen LogP contribution in [0.25, 0.3) is 0 Å². The smallest absolute Gasteiger partial charge is 0.227 e. The largest absolute Gasteiger partial charge is 0.373 e. The van der Waals surface area contributed by atoms with Gasteiger partial charge in [-0.1, -0.05) is 29.8 Å². The molecule has 1 aliphatic heterocycles. The minimum absolute atomic E-state index is 0.0824. The highest BCUT2D eigenvalue weighted by molar-refractivity contribution is 5.78.